The van der Waals surface area contributed by atoms with Crippen LogP contribution >= 0.6 is 0 Å². The normalized spacial score (nSPS) is 22.4. The van der Waals surface area contributed by atoms with Crippen molar-refractivity contribution in [2.75, 3.05) is 59.0 Å². The number of nitrogens with two attached hydrogens (primary N) is 1. The Hall–Kier alpha value is -0.690. The molecular weight excluding hydrogens is 280 g/mol. The van der Waals surface area contributed by atoms with Gasteiger partial charge in [-0.05, 0) is 12.8 Å². The smallest absolute Gasteiger partial charge is 0.233 e. The van der Waals surface area contributed by atoms with Crippen LogP contribution in [0.4, 0.5) is 0 Å². The molecule has 6 heteroatoms. The summed E-state index contributed by atoms with van der Waals surface area (Å²) in [4.78, 5) is 14.5. The first-order chi connectivity index (χ1) is 10.7. The van der Waals surface area contributed by atoms with E-state index in [4.69, 9.17) is 10.5 Å². The van der Waals surface area contributed by atoms with Crippen LogP contribution in [0.2, 0.25) is 0 Å². The van der Waals surface area contributed by atoms with Gasteiger partial charge in [0.15, 0.2) is 0 Å². The molecule has 1 aliphatic heterocycles. The molecule has 1 saturated carbocycles. The van der Waals surface area contributed by atoms with Crippen molar-refractivity contribution < 1.29 is 9.53 Å². The summed E-state index contributed by atoms with van der Waals surface area (Å²) in [5, 5.41) is 6.19. The van der Waals surface area contributed by atoms with Crippen molar-refractivity contribution in [3.8, 4) is 0 Å². The van der Waals surface area contributed by atoms with Crippen LogP contribution in [0.25, 0.3) is 0 Å². The van der Waals surface area contributed by atoms with E-state index < -0.39 is 0 Å². The molecule has 0 bridgehead atoms. The van der Waals surface area contributed by atoms with Gasteiger partial charge >= 0.3 is 0 Å². The zero-order valence-corrected chi connectivity index (χ0v) is 13.7. The summed E-state index contributed by atoms with van der Waals surface area (Å²) in [7, 11) is 0. The fourth-order valence-corrected chi connectivity index (χ4v) is 3.58. The summed E-state index contributed by atoms with van der Waals surface area (Å²) in [6.45, 7) is 7.23. The second kappa shape index (κ2) is 9.45. The van der Waals surface area contributed by atoms with E-state index in [9.17, 15) is 4.79 Å². The van der Waals surface area contributed by atoms with Crippen LogP contribution in [-0.4, -0.2) is 69.8 Å². The van der Waals surface area contributed by atoms with Crippen molar-refractivity contribution >= 4 is 5.91 Å². The topological polar surface area (TPSA) is 79.6 Å². The fourth-order valence-electron chi connectivity index (χ4n) is 3.58. The summed E-state index contributed by atoms with van der Waals surface area (Å²) >= 11 is 0. The first kappa shape index (κ1) is 17.7. The molecule has 0 unspecified atom stereocenters. The minimum absolute atomic E-state index is 0.0837. The van der Waals surface area contributed by atoms with Crippen LogP contribution in [0.1, 0.15) is 32.1 Å². The van der Waals surface area contributed by atoms with Crippen LogP contribution in [0, 0.1) is 5.41 Å². The van der Waals surface area contributed by atoms with Crippen molar-refractivity contribution in [3.05, 3.63) is 0 Å². The van der Waals surface area contributed by atoms with Gasteiger partial charge in [0.25, 0.3) is 0 Å². The van der Waals surface area contributed by atoms with E-state index in [1.54, 1.807) is 0 Å². The molecule has 2 aliphatic rings. The van der Waals surface area contributed by atoms with Crippen molar-refractivity contribution in [1.29, 1.82) is 0 Å². The Morgan fingerprint density at radius 3 is 2.59 bits per heavy atom. The highest BCUT2D eigenvalue weighted by molar-refractivity contribution is 5.78. The minimum Gasteiger partial charge on any atom is -0.379 e. The maximum atomic E-state index is 11.9. The van der Waals surface area contributed by atoms with Crippen molar-refractivity contribution in [2.24, 2.45) is 11.1 Å². The SMILES string of the molecule is NCCNCC(=O)NCC1(CN2CCOCC2)CCCCC1. The largest absolute Gasteiger partial charge is 0.379 e. The first-order valence-corrected chi connectivity index (χ1v) is 8.72. The van der Waals surface area contributed by atoms with E-state index in [1.807, 2.05) is 0 Å². The van der Waals surface area contributed by atoms with Crippen molar-refractivity contribution in [1.82, 2.24) is 15.5 Å². The standard InChI is InChI=1S/C16H32N4O2/c17-6-7-18-12-15(21)19-13-16(4-2-1-3-5-16)14-20-8-10-22-11-9-20/h18H,1-14,17H2,(H,19,21). The van der Waals surface area contributed by atoms with E-state index in [1.165, 1.54) is 32.1 Å². The Balaban J connectivity index is 1.81. The van der Waals surface area contributed by atoms with E-state index in [0.717, 1.165) is 39.4 Å². The quantitative estimate of drug-likeness (QED) is 0.547. The second-order valence-electron chi connectivity index (χ2n) is 6.69. The van der Waals surface area contributed by atoms with Gasteiger partial charge in [0.05, 0.1) is 19.8 Å². The molecule has 2 rings (SSSR count). The van der Waals surface area contributed by atoms with Crippen LogP contribution in [-0.2, 0) is 9.53 Å². The molecule has 22 heavy (non-hydrogen) atoms. The molecular formula is C16H32N4O2. The predicted octanol–water partition coefficient (Wildman–Crippen LogP) is -0.0664. The van der Waals surface area contributed by atoms with Gasteiger partial charge in [-0.25, -0.2) is 0 Å². The van der Waals surface area contributed by atoms with Crippen LogP contribution in [0.5, 0.6) is 0 Å². The third-order valence-electron chi connectivity index (χ3n) is 4.84. The third kappa shape index (κ3) is 5.83. The molecule has 0 radical (unpaired) electrons. The molecule has 128 valence electrons. The van der Waals surface area contributed by atoms with Gasteiger partial charge in [-0.15, -0.1) is 0 Å². The molecule has 1 heterocycles. The number of hydrogen-bond donors (Lipinski definition) is 3. The molecule has 1 amide bonds. The van der Waals surface area contributed by atoms with E-state index in [0.29, 0.717) is 19.6 Å². The van der Waals surface area contributed by atoms with Gasteiger partial charge in [-0.2, -0.15) is 0 Å². The summed E-state index contributed by atoms with van der Waals surface area (Å²) in [5.74, 6) is 0.0837. The fraction of sp³-hybridized carbons (Fsp3) is 0.938. The van der Waals surface area contributed by atoms with Gasteiger partial charge < -0.3 is 21.1 Å². The number of amides is 1. The number of nitrogens with zero attached hydrogens (tertiary/aromatic N) is 1. The number of rotatable bonds is 8. The first-order valence-electron chi connectivity index (χ1n) is 8.72. The van der Waals surface area contributed by atoms with Crippen molar-refractivity contribution in [2.45, 2.75) is 32.1 Å². The highest BCUT2D eigenvalue weighted by Crippen LogP contribution is 2.36. The van der Waals surface area contributed by atoms with E-state index in [-0.39, 0.29) is 11.3 Å². The Kier molecular flexibility index (Phi) is 7.59. The van der Waals surface area contributed by atoms with Gasteiger partial charge in [0.2, 0.25) is 5.91 Å². The number of hydrogen-bond acceptors (Lipinski definition) is 5. The highest BCUT2D eigenvalue weighted by atomic mass is 16.5. The molecule has 1 saturated heterocycles. The molecule has 0 aromatic carbocycles. The lowest BCUT2D eigenvalue weighted by molar-refractivity contribution is -0.121. The molecule has 1 aliphatic carbocycles. The summed E-state index contributed by atoms with van der Waals surface area (Å²) < 4.78 is 5.45. The van der Waals surface area contributed by atoms with Gasteiger partial charge in [-0.3, -0.25) is 9.69 Å². The summed E-state index contributed by atoms with van der Waals surface area (Å²) in [5.41, 5.74) is 5.67. The van der Waals surface area contributed by atoms with Gasteiger partial charge in [-0.1, -0.05) is 19.3 Å². The van der Waals surface area contributed by atoms with Gasteiger partial charge in [0, 0.05) is 44.7 Å². The minimum atomic E-state index is 0.0837. The Bertz CT molecular complexity index is 326. The maximum Gasteiger partial charge on any atom is 0.233 e. The molecule has 6 nitrogen and oxygen atoms in total. The maximum absolute atomic E-state index is 11.9. The predicted molar refractivity (Wildman–Crippen MR) is 87.7 cm³/mol. The lowest BCUT2D eigenvalue weighted by atomic mass is 9.73. The zero-order valence-electron chi connectivity index (χ0n) is 13.7. The number of carbonyl (C=O) groups is 1. The molecule has 0 aromatic heterocycles. The van der Waals surface area contributed by atoms with Crippen LogP contribution < -0.4 is 16.4 Å². The Labute approximate surface area is 134 Å². The van der Waals surface area contributed by atoms with E-state index >= 15 is 0 Å². The van der Waals surface area contributed by atoms with Crippen LogP contribution in [0.3, 0.4) is 0 Å². The van der Waals surface area contributed by atoms with Crippen LogP contribution in [0.15, 0.2) is 0 Å². The highest BCUT2D eigenvalue weighted by Gasteiger charge is 2.34. The van der Waals surface area contributed by atoms with Gasteiger partial charge in [0.1, 0.15) is 0 Å². The third-order valence-corrected chi connectivity index (χ3v) is 4.84. The number of ether oxygens (including phenoxy) is 1. The second-order valence-corrected chi connectivity index (χ2v) is 6.69. The lowest BCUT2D eigenvalue weighted by Gasteiger charge is -2.42. The summed E-state index contributed by atoms with van der Waals surface area (Å²) in [6.07, 6.45) is 6.34. The Morgan fingerprint density at radius 2 is 1.91 bits per heavy atom. The molecule has 0 aromatic rings. The van der Waals surface area contributed by atoms with Crippen molar-refractivity contribution in [3.63, 3.8) is 0 Å². The Morgan fingerprint density at radius 1 is 1.18 bits per heavy atom. The number of carbonyl (C=O) groups excluding carboxylic acids is 1. The molecule has 2 fully saturated rings. The average molecular weight is 312 g/mol. The lowest BCUT2D eigenvalue weighted by Crippen LogP contribution is -2.50. The summed E-state index contributed by atoms with van der Waals surface area (Å²) in [6, 6.07) is 0. The molecule has 0 spiro atoms. The number of nitrogens with one attached hydrogen (secondary N) is 2. The zero-order chi connectivity index (χ0) is 15.7. The van der Waals surface area contributed by atoms with E-state index in [2.05, 4.69) is 15.5 Å². The number of morpholine rings is 1. The molecule has 4 N–H and O–H groups in total. The monoisotopic (exact) mass is 312 g/mol. The average Bonchev–Trinajstić information content (AvgIpc) is 2.55. The molecule has 0 atom stereocenters.